The van der Waals surface area contributed by atoms with Crippen molar-refractivity contribution in [1.29, 1.82) is 5.26 Å². The van der Waals surface area contributed by atoms with Crippen LogP contribution in [0.25, 0.3) is 0 Å². The van der Waals surface area contributed by atoms with Gasteiger partial charge in [-0.2, -0.15) is 5.26 Å². The van der Waals surface area contributed by atoms with Crippen molar-refractivity contribution in [2.24, 2.45) is 5.92 Å². The van der Waals surface area contributed by atoms with E-state index < -0.39 is 0 Å². The Morgan fingerprint density at radius 1 is 1.30 bits per heavy atom. The molecule has 2 rings (SSSR count). The van der Waals surface area contributed by atoms with E-state index in [1.807, 2.05) is 0 Å². The van der Waals surface area contributed by atoms with Crippen molar-refractivity contribution in [3.8, 4) is 6.07 Å². The van der Waals surface area contributed by atoms with Gasteiger partial charge >= 0.3 is 0 Å². The molecule has 0 aromatic rings. The Morgan fingerprint density at radius 2 is 1.95 bits per heavy atom. The van der Waals surface area contributed by atoms with Crippen LogP contribution < -0.4 is 5.32 Å². The molecule has 20 heavy (non-hydrogen) atoms. The summed E-state index contributed by atoms with van der Waals surface area (Å²) >= 11 is 0. The molecule has 1 atom stereocenters. The molecule has 0 aromatic carbocycles. The van der Waals surface area contributed by atoms with Crippen molar-refractivity contribution in [2.75, 3.05) is 40.3 Å². The largest absolute Gasteiger partial charge is 0.306 e. The predicted octanol–water partition coefficient (Wildman–Crippen LogP) is 1.68. The summed E-state index contributed by atoms with van der Waals surface area (Å²) < 4.78 is 0. The van der Waals surface area contributed by atoms with Gasteiger partial charge < -0.3 is 9.80 Å². The highest BCUT2D eigenvalue weighted by Crippen LogP contribution is 2.24. The maximum absolute atomic E-state index is 9.39. The van der Waals surface area contributed by atoms with Crippen LogP contribution in [0.4, 0.5) is 0 Å². The minimum atomic E-state index is -0.345. The number of rotatable bonds is 7. The average molecular weight is 278 g/mol. The molecule has 1 heterocycles. The van der Waals surface area contributed by atoms with Gasteiger partial charge in [0.15, 0.2) is 0 Å². The van der Waals surface area contributed by atoms with Gasteiger partial charge in [0.05, 0.1) is 6.07 Å². The summed E-state index contributed by atoms with van der Waals surface area (Å²) in [6.07, 6.45) is 6.03. The molecule has 0 aromatic heterocycles. The van der Waals surface area contributed by atoms with Crippen molar-refractivity contribution in [1.82, 2.24) is 15.1 Å². The average Bonchev–Trinajstić information content (AvgIpc) is 3.23. The number of nitrogens with zero attached hydrogens (tertiary/aromatic N) is 3. The molecule has 1 aliphatic carbocycles. The highest BCUT2D eigenvalue weighted by atomic mass is 15.1. The molecule has 0 amide bonds. The summed E-state index contributed by atoms with van der Waals surface area (Å²) in [5, 5.41) is 12.9. The van der Waals surface area contributed by atoms with Crippen LogP contribution in [0, 0.1) is 17.2 Å². The summed E-state index contributed by atoms with van der Waals surface area (Å²) in [7, 11) is 4.41. The summed E-state index contributed by atoms with van der Waals surface area (Å²) in [4.78, 5) is 4.84. The molecule has 1 saturated carbocycles. The van der Waals surface area contributed by atoms with Gasteiger partial charge in [-0.1, -0.05) is 0 Å². The van der Waals surface area contributed by atoms with Crippen LogP contribution >= 0.6 is 0 Å². The van der Waals surface area contributed by atoms with Gasteiger partial charge in [0, 0.05) is 19.1 Å². The fraction of sp³-hybridized carbons (Fsp3) is 0.938. The number of nitriles is 1. The van der Waals surface area contributed by atoms with Gasteiger partial charge in [-0.05, 0) is 72.1 Å². The van der Waals surface area contributed by atoms with Crippen LogP contribution in [-0.2, 0) is 0 Å². The van der Waals surface area contributed by atoms with Gasteiger partial charge in [0.1, 0.15) is 5.54 Å². The molecule has 1 saturated heterocycles. The summed E-state index contributed by atoms with van der Waals surface area (Å²) in [5.74, 6) is 0.834. The SMILES string of the molecule is CN1CCC(CN(C)CCC(C)(C#N)NC2CC2)CC1. The second-order valence-corrected chi connectivity index (χ2v) is 7.12. The Morgan fingerprint density at radius 3 is 2.50 bits per heavy atom. The Balaban J connectivity index is 1.68. The van der Waals surface area contributed by atoms with E-state index >= 15 is 0 Å². The number of likely N-dealkylation sites (tertiary alicyclic amines) is 1. The first-order chi connectivity index (χ1) is 9.50. The molecular formula is C16H30N4. The van der Waals surface area contributed by atoms with E-state index in [0.717, 1.165) is 18.9 Å². The van der Waals surface area contributed by atoms with Gasteiger partial charge in [-0.3, -0.25) is 5.32 Å². The van der Waals surface area contributed by atoms with Crippen LogP contribution in [0.2, 0.25) is 0 Å². The first-order valence-electron chi connectivity index (χ1n) is 8.07. The first kappa shape index (κ1) is 15.8. The minimum Gasteiger partial charge on any atom is -0.306 e. The van der Waals surface area contributed by atoms with Gasteiger partial charge in [-0.25, -0.2) is 0 Å². The van der Waals surface area contributed by atoms with E-state index in [-0.39, 0.29) is 5.54 Å². The van der Waals surface area contributed by atoms with E-state index in [1.54, 1.807) is 0 Å². The van der Waals surface area contributed by atoms with Crippen molar-refractivity contribution in [3.05, 3.63) is 0 Å². The molecular weight excluding hydrogens is 248 g/mol. The zero-order chi connectivity index (χ0) is 14.6. The monoisotopic (exact) mass is 278 g/mol. The van der Waals surface area contributed by atoms with Crippen LogP contribution in [0.15, 0.2) is 0 Å². The molecule has 0 radical (unpaired) electrons. The Hall–Kier alpha value is -0.630. The standard InChI is InChI=1S/C16H30N4/c1-16(13-17,18-15-4-5-15)8-11-20(3)12-14-6-9-19(2)10-7-14/h14-15,18H,4-12H2,1-3H3. The van der Waals surface area contributed by atoms with Gasteiger partial charge in [0.2, 0.25) is 0 Å². The lowest BCUT2D eigenvalue weighted by atomic mass is 9.95. The summed E-state index contributed by atoms with van der Waals surface area (Å²) in [6, 6.07) is 3.07. The molecule has 0 spiro atoms. The van der Waals surface area contributed by atoms with Crippen LogP contribution in [0.3, 0.4) is 0 Å². The third-order valence-electron chi connectivity index (χ3n) is 4.75. The fourth-order valence-electron chi connectivity index (χ4n) is 3.03. The molecule has 0 bridgehead atoms. The highest BCUT2D eigenvalue weighted by molar-refractivity contribution is 5.07. The van der Waals surface area contributed by atoms with Gasteiger partial charge in [-0.15, -0.1) is 0 Å². The molecule has 4 nitrogen and oxygen atoms in total. The number of piperidine rings is 1. The molecule has 114 valence electrons. The molecule has 4 heteroatoms. The lowest BCUT2D eigenvalue weighted by molar-refractivity contribution is 0.171. The normalized spacial score (nSPS) is 24.6. The van der Waals surface area contributed by atoms with E-state index in [4.69, 9.17) is 0 Å². The molecule has 1 unspecified atom stereocenters. The van der Waals surface area contributed by atoms with Crippen molar-refractivity contribution >= 4 is 0 Å². The molecule has 1 aliphatic heterocycles. The zero-order valence-electron chi connectivity index (χ0n) is 13.4. The smallest absolute Gasteiger partial charge is 0.105 e. The van der Waals surface area contributed by atoms with Crippen molar-refractivity contribution < 1.29 is 0 Å². The third kappa shape index (κ3) is 5.05. The van der Waals surface area contributed by atoms with Crippen LogP contribution in [0.1, 0.15) is 39.0 Å². The van der Waals surface area contributed by atoms with E-state index in [2.05, 4.69) is 42.2 Å². The third-order valence-corrected chi connectivity index (χ3v) is 4.75. The lowest BCUT2D eigenvalue weighted by Gasteiger charge is -2.32. The fourth-order valence-corrected chi connectivity index (χ4v) is 3.03. The Kier molecular flexibility index (Phi) is 5.42. The summed E-state index contributed by atoms with van der Waals surface area (Å²) in [5.41, 5.74) is -0.345. The molecule has 1 N–H and O–H groups in total. The maximum Gasteiger partial charge on any atom is 0.105 e. The lowest BCUT2D eigenvalue weighted by Crippen LogP contribution is -2.45. The topological polar surface area (TPSA) is 42.3 Å². The summed E-state index contributed by atoms with van der Waals surface area (Å²) in [6.45, 7) is 6.71. The van der Waals surface area contributed by atoms with E-state index in [1.165, 1.54) is 45.3 Å². The Bertz CT molecular complexity index is 339. The molecule has 2 aliphatic rings. The number of hydrogen-bond donors (Lipinski definition) is 1. The second kappa shape index (κ2) is 6.89. The number of nitrogens with one attached hydrogen (secondary N) is 1. The minimum absolute atomic E-state index is 0.345. The van der Waals surface area contributed by atoms with E-state index in [0.29, 0.717) is 6.04 Å². The molecule has 2 fully saturated rings. The van der Waals surface area contributed by atoms with Crippen LogP contribution in [-0.4, -0.2) is 61.7 Å². The second-order valence-electron chi connectivity index (χ2n) is 7.12. The zero-order valence-corrected chi connectivity index (χ0v) is 13.4. The van der Waals surface area contributed by atoms with Crippen molar-refractivity contribution in [3.63, 3.8) is 0 Å². The Labute approximate surface area is 124 Å². The number of hydrogen-bond acceptors (Lipinski definition) is 4. The quantitative estimate of drug-likeness (QED) is 0.769. The van der Waals surface area contributed by atoms with Crippen LogP contribution in [0.5, 0.6) is 0 Å². The highest BCUT2D eigenvalue weighted by Gasteiger charge is 2.32. The van der Waals surface area contributed by atoms with E-state index in [9.17, 15) is 5.26 Å². The first-order valence-corrected chi connectivity index (χ1v) is 8.07. The van der Waals surface area contributed by atoms with Gasteiger partial charge in [0.25, 0.3) is 0 Å². The maximum atomic E-state index is 9.39. The van der Waals surface area contributed by atoms with Crippen molar-refractivity contribution in [2.45, 2.75) is 50.6 Å². The predicted molar refractivity (Wildman–Crippen MR) is 82.5 cm³/mol.